The van der Waals surface area contributed by atoms with Gasteiger partial charge in [0.1, 0.15) is 29.6 Å². The van der Waals surface area contributed by atoms with Crippen molar-refractivity contribution in [2.45, 2.75) is 42.6 Å². The predicted octanol–water partition coefficient (Wildman–Crippen LogP) is 2.76. The van der Waals surface area contributed by atoms with Gasteiger partial charge in [0.15, 0.2) is 0 Å². The van der Waals surface area contributed by atoms with E-state index in [1.165, 1.54) is 4.90 Å². The Hall–Kier alpha value is -4.07. The van der Waals surface area contributed by atoms with Gasteiger partial charge in [-0.25, -0.2) is 4.68 Å². The Balaban J connectivity index is 1.36. The molecule has 12 nitrogen and oxygen atoms in total. The van der Waals surface area contributed by atoms with E-state index in [9.17, 15) is 19.5 Å². The van der Waals surface area contributed by atoms with E-state index < -0.39 is 29.6 Å². The fraction of sp³-hybridized carbons (Fsp3) is 0.424. The molecular formula is C33H37BrN6O6. The number of aliphatic hydroxyl groups is 1. The van der Waals surface area contributed by atoms with Crippen LogP contribution in [0.3, 0.4) is 0 Å². The molecule has 3 aliphatic rings. The standard InChI is InChI=1S/C33H37BrN6O6/c1-4-15-37(20-40-25-10-8-7-9-24(25)35-36-40)32(44)29-33-19-23(34)28(46-33)26(27(33)31(43)39(29)17-18-41)30(42)38(16-5-2)21-11-13-22(14-12-21)45-6-3/h4-5,7-14,23,26-29,41H,1-2,6,15-20H2,3H3/t23?,26-,27-,28-,29?,33?/m0/s1. The minimum absolute atomic E-state index is 0.0537. The number of nitrogens with zero attached hydrogens (tertiary/aromatic N) is 6. The SMILES string of the molecule is C=CCN(Cn1nnc2ccccc21)C(=O)C1N(CCO)C(=O)[C@@H]2[C@H](C(=O)N(CC=C)c3ccc(OCC)cc3)[C@H]3OC12CC3Br. The first kappa shape index (κ1) is 31.9. The minimum Gasteiger partial charge on any atom is -0.494 e. The third-order valence-corrected chi connectivity index (χ3v) is 9.92. The van der Waals surface area contributed by atoms with Crippen molar-refractivity contribution in [3.05, 3.63) is 73.8 Å². The molecule has 6 rings (SSSR count). The van der Waals surface area contributed by atoms with Crippen LogP contribution in [0.15, 0.2) is 73.8 Å². The molecule has 3 aromatic rings. The van der Waals surface area contributed by atoms with Gasteiger partial charge in [0, 0.05) is 30.1 Å². The quantitative estimate of drug-likeness (QED) is 0.214. The summed E-state index contributed by atoms with van der Waals surface area (Å²) in [6, 6.07) is 13.5. The van der Waals surface area contributed by atoms with E-state index in [0.29, 0.717) is 30.0 Å². The van der Waals surface area contributed by atoms with Crippen molar-refractivity contribution in [2.24, 2.45) is 11.8 Å². The first-order valence-electron chi connectivity index (χ1n) is 15.4. The average Bonchev–Trinajstić information content (AvgIpc) is 3.77. The zero-order valence-electron chi connectivity index (χ0n) is 25.6. The van der Waals surface area contributed by atoms with Gasteiger partial charge in [-0.2, -0.15) is 0 Å². The predicted molar refractivity (Wildman–Crippen MR) is 174 cm³/mol. The largest absolute Gasteiger partial charge is 0.494 e. The summed E-state index contributed by atoms with van der Waals surface area (Å²) in [6.45, 7) is 10.1. The summed E-state index contributed by atoms with van der Waals surface area (Å²) in [6.07, 6.45) is 2.94. The number of alkyl halides is 1. The third kappa shape index (κ3) is 5.19. The van der Waals surface area contributed by atoms with Crippen molar-refractivity contribution in [1.82, 2.24) is 24.8 Å². The summed E-state index contributed by atoms with van der Waals surface area (Å²) in [4.78, 5) is 47.6. The zero-order chi connectivity index (χ0) is 32.6. The van der Waals surface area contributed by atoms with Crippen LogP contribution in [0.4, 0.5) is 5.69 Å². The normalized spacial score (nSPS) is 26.3. The summed E-state index contributed by atoms with van der Waals surface area (Å²) >= 11 is 3.73. The number of benzene rings is 2. The van der Waals surface area contributed by atoms with Gasteiger partial charge in [0.05, 0.1) is 36.7 Å². The van der Waals surface area contributed by atoms with Gasteiger partial charge in [-0.15, -0.1) is 18.3 Å². The molecule has 3 fully saturated rings. The number of anilines is 1. The molecule has 2 bridgehead atoms. The molecule has 3 amide bonds. The van der Waals surface area contributed by atoms with Crippen LogP contribution in [0.2, 0.25) is 0 Å². The van der Waals surface area contributed by atoms with Crippen molar-refractivity contribution in [3.63, 3.8) is 0 Å². The summed E-state index contributed by atoms with van der Waals surface area (Å²) in [7, 11) is 0. The van der Waals surface area contributed by atoms with E-state index in [1.807, 2.05) is 31.2 Å². The van der Waals surface area contributed by atoms with Crippen LogP contribution in [-0.4, -0.2) is 103 Å². The number of aromatic nitrogens is 3. The van der Waals surface area contributed by atoms with Gasteiger partial charge in [0.2, 0.25) is 17.7 Å². The molecule has 3 saturated heterocycles. The van der Waals surface area contributed by atoms with E-state index >= 15 is 0 Å². The maximum absolute atomic E-state index is 14.6. The number of fused-ring (bicyclic) bond motifs is 2. The lowest BCUT2D eigenvalue weighted by Crippen LogP contribution is -2.57. The second-order valence-electron chi connectivity index (χ2n) is 11.7. The monoisotopic (exact) mass is 692 g/mol. The Kier molecular flexibility index (Phi) is 8.99. The highest BCUT2D eigenvalue weighted by atomic mass is 79.9. The van der Waals surface area contributed by atoms with Crippen LogP contribution in [-0.2, 0) is 25.8 Å². The zero-order valence-corrected chi connectivity index (χ0v) is 27.2. The summed E-state index contributed by atoms with van der Waals surface area (Å²) < 4.78 is 13.9. The Morgan fingerprint density at radius 1 is 1.15 bits per heavy atom. The number of amides is 3. The molecule has 1 aromatic heterocycles. The van der Waals surface area contributed by atoms with E-state index in [0.717, 1.165) is 5.52 Å². The third-order valence-electron chi connectivity index (χ3n) is 9.07. The molecule has 6 atom stereocenters. The number of para-hydroxylation sites is 1. The molecule has 3 unspecified atom stereocenters. The van der Waals surface area contributed by atoms with Gasteiger partial charge < -0.3 is 29.3 Å². The first-order chi connectivity index (χ1) is 22.3. The number of ether oxygens (including phenoxy) is 2. The van der Waals surface area contributed by atoms with Crippen LogP contribution < -0.4 is 9.64 Å². The van der Waals surface area contributed by atoms with Crippen molar-refractivity contribution in [1.29, 1.82) is 0 Å². The molecule has 1 spiro atoms. The van der Waals surface area contributed by atoms with Crippen molar-refractivity contribution >= 4 is 50.4 Å². The molecule has 0 aliphatic carbocycles. The van der Waals surface area contributed by atoms with Gasteiger partial charge in [-0.05, 0) is 49.7 Å². The number of halogens is 1. The molecule has 1 N–H and O–H groups in total. The second-order valence-corrected chi connectivity index (χ2v) is 12.8. The summed E-state index contributed by atoms with van der Waals surface area (Å²) in [5.74, 6) is -2.19. The number of aliphatic hydroxyl groups excluding tert-OH is 1. The number of likely N-dealkylation sites (tertiary alicyclic amines) is 1. The molecule has 3 aliphatic heterocycles. The van der Waals surface area contributed by atoms with Gasteiger partial charge >= 0.3 is 0 Å². The molecule has 2 aromatic carbocycles. The van der Waals surface area contributed by atoms with Crippen LogP contribution in [0, 0.1) is 11.8 Å². The van der Waals surface area contributed by atoms with E-state index in [-0.39, 0.29) is 55.5 Å². The van der Waals surface area contributed by atoms with Crippen LogP contribution in [0.5, 0.6) is 5.75 Å². The summed E-state index contributed by atoms with van der Waals surface area (Å²) in [5.41, 5.74) is 0.767. The van der Waals surface area contributed by atoms with Crippen LogP contribution >= 0.6 is 15.9 Å². The average molecular weight is 694 g/mol. The van der Waals surface area contributed by atoms with Crippen molar-refractivity contribution in [3.8, 4) is 5.75 Å². The van der Waals surface area contributed by atoms with Gasteiger partial charge in [0.25, 0.3) is 0 Å². The maximum atomic E-state index is 14.6. The number of carbonyl (C=O) groups is 3. The van der Waals surface area contributed by atoms with E-state index in [1.54, 1.807) is 50.9 Å². The topological polar surface area (TPSA) is 130 Å². The van der Waals surface area contributed by atoms with Gasteiger partial charge in [-0.3, -0.25) is 14.4 Å². The fourth-order valence-electron chi connectivity index (χ4n) is 7.29. The van der Waals surface area contributed by atoms with Crippen LogP contribution in [0.1, 0.15) is 13.3 Å². The lowest BCUT2D eigenvalue weighted by atomic mass is 9.70. The molecular weight excluding hydrogens is 656 g/mol. The van der Waals surface area contributed by atoms with Gasteiger partial charge in [-0.1, -0.05) is 45.4 Å². The highest BCUT2D eigenvalue weighted by Gasteiger charge is 2.77. The Morgan fingerprint density at radius 2 is 1.89 bits per heavy atom. The smallest absolute Gasteiger partial charge is 0.250 e. The van der Waals surface area contributed by atoms with Crippen molar-refractivity contribution < 1.29 is 29.0 Å². The number of carbonyl (C=O) groups excluding carboxylic acids is 3. The van der Waals surface area contributed by atoms with Crippen molar-refractivity contribution in [2.75, 3.05) is 37.7 Å². The van der Waals surface area contributed by atoms with E-state index in [4.69, 9.17) is 9.47 Å². The lowest BCUT2D eigenvalue weighted by molar-refractivity contribution is -0.149. The summed E-state index contributed by atoms with van der Waals surface area (Å²) in [5, 5.41) is 18.5. The highest BCUT2D eigenvalue weighted by Crippen LogP contribution is 2.60. The maximum Gasteiger partial charge on any atom is 0.250 e. The number of hydrogen-bond acceptors (Lipinski definition) is 8. The molecule has 13 heteroatoms. The molecule has 4 heterocycles. The number of rotatable bonds is 13. The lowest BCUT2D eigenvalue weighted by Gasteiger charge is -2.37. The Bertz CT molecular complexity index is 1650. The first-order valence-corrected chi connectivity index (χ1v) is 16.3. The molecule has 0 radical (unpaired) electrons. The Labute approximate surface area is 275 Å². The fourth-order valence-corrected chi connectivity index (χ4v) is 8.23. The molecule has 46 heavy (non-hydrogen) atoms. The number of hydrogen-bond donors (Lipinski definition) is 1. The molecule has 242 valence electrons. The highest BCUT2D eigenvalue weighted by molar-refractivity contribution is 9.09. The Morgan fingerprint density at radius 3 is 2.59 bits per heavy atom. The second kappa shape index (κ2) is 13.0. The number of β-amino-alcohol motifs (C(OH)–C–C–N with tert-alkyl or cyclic N) is 1. The molecule has 0 saturated carbocycles. The van der Waals surface area contributed by atoms with E-state index in [2.05, 4.69) is 39.4 Å². The minimum atomic E-state index is -1.29. The van der Waals surface area contributed by atoms with Crippen LogP contribution in [0.25, 0.3) is 11.0 Å².